The molecule has 0 radical (unpaired) electrons. The SMILES string of the molecule is CCOC(c1noc([C@@H]2C[C@H](O)CN2)n1)C(C)C. The van der Waals surface area contributed by atoms with Crippen LogP contribution in [0.5, 0.6) is 0 Å². The molecule has 3 atom stereocenters. The summed E-state index contributed by atoms with van der Waals surface area (Å²) in [5.41, 5.74) is 0. The maximum Gasteiger partial charge on any atom is 0.243 e. The van der Waals surface area contributed by atoms with Crippen LogP contribution in [0.1, 0.15) is 51.1 Å². The molecule has 102 valence electrons. The second-order valence-corrected chi connectivity index (χ2v) is 4.96. The molecule has 2 rings (SSSR count). The van der Waals surface area contributed by atoms with Gasteiger partial charge in [-0.1, -0.05) is 19.0 Å². The van der Waals surface area contributed by atoms with Gasteiger partial charge in [-0.05, 0) is 19.3 Å². The first-order chi connectivity index (χ1) is 8.61. The van der Waals surface area contributed by atoms with Gasteiger partial charge in [-0.25, -0.2) is 0 Å². The smallest absolute Gasteiger partial charge is 0.243 e. The summed E-state index contributed by atoms with van der Waals surface area (Å²) < 4.78 is 10.9. The summed E-state index contributed by atoms with van der Waals surface area (Å²) in [7, 11) is 0. The first-order valence-corrected chi connectivity index (χ1v) is 6.48. The monoisotopic (exact) mass is 255 g/mol. The number of β-amino-alcohol motifs (C(OH)–C–C–N with tert-alkyl or cyclic N) is 1. The Morgan fingerprint density at radius 2 is 2.33 bits per heavy atom. The lowest BCUT2D eigenvalue weighted by atomic mass is 10.1. The van der Waals surface area contributed by atoms with E-state index in [1.165, 1.54) is 0 Å². The number of rotatable bonds is 5. The fraction of sp³-hybridized carbons (Fsp3) is 0.833. The molecule has 0 bridgehead atoms. The van der Waals surface area contributed by atoms with Gasteiger partial charge in [0.25, 0.3) is 0 Å². The van der Waals surface area contributed by atoms with E-state index in [-0.39, 0.29) is 24.2 Å². The Hall–Kier alpha value is -0.980. The number of nitrogens with zero attached hydrogens (tertiary/aromatic N) is 2. The van der Waals surface area contributed by atoms with Crippen molar-refractivity contribution in [2.75, 3.05) is 13.2 Å². The van der Waals surface area contributed by atoms with Crippen molar-refractivity contribution < 1.29 is 14.4 Å². The summed E-state index contributed by atoms with van der Waals surface area (Å²) in [5, 5.41) is 16.6. The Morgan fingerprint density at radius 3 is 2.89 bits per heavy atom. The van der Waals surface area contributed by atoms with Crippen LogP contribution in [0.3, 0.4) is 0 Å². The van der Waals surface area contributed by atoms with Crippen LogP contribution in [0.4, 0.5) is 0 Å². The quantitative estimate of drug-likeness (QED) is 0.823. The predicted molar refractivity (Wildman–Crippen MR) is 64.9 cm³/mol. The van der Waals surface area contributed by atoms with Crippen molar-refractivity contribution in [1.82, 2.24) is 15.5 Å². The molecular weight excluding hydrogens is 234 g/mol. The van der Waals surface area contributed by atoms with Gasteiger partial charge in [0.05, 0.1) is 12.1 Å². The van der Waals surface area contributed by atoms with Crippen LogP contribution in [0.25, 0.3) is 0 Å². The van der Waals surface area contributed by atoms with Crippen molar-refractivity contribution in [3.8, 4) is 0 Å². The predicted octanol–water partition coefficient (Wildman–Crippen LogP) is 1.20. The first kappa shape index (κ1) is 13.5. The lowest BCUT2D eigenvalue weighted by Gasteiger charge is -2.16. The molecule has 2 heterocycles. The maximum atomic E-state index is 9.47. The van der Waals surface area contributed by atoms with E-state index in [1.807, 2.05) is 6.92 Å². The maximum absolute atomic E-state index is 9.47. The van der Waals surface area contributed by atoms with Gasteiger partial charge >= 0.3 is 0 Å². The van der Waals surface area contributed by atoms with Crippen LogP contribution in [0.15, 0.2) is 4.52 Å². The zero-order valence-electron chi connectivity index (χ0n) is 11.1. The minimum Gasteiger partial charge on any atom is -0.392 e. The molecule has 1 aromatic rings. The van der Waals surface area contributed by atoms with Gasteiger partial charge in [0.15, 0.2) is 0 Å². The number of hydrogen-bond acceptors (Lipinski definition) is 6. The van der Waals surface area contributed by atoms with Crippen LogP contribution in [-0.4, -0.2) is 34.5 Å². The molecule has 6 heteroatoms. The van der Waals surface area contributed by atoms with Gasteiger partial charge in [0, 0.05) is 13.2 Å². The molecule has 1 unspecified atom stereocenters. The van der Waals surface area contributed by atoms with Gasteiger partial charge in [-0.2, -0.15) is 4.98 Å². The van der Waals surface area contributed by atoms with Crippen LogP contribution in [0, 0.1) is 5.92 Å². The molecule has 1 aliphatic rings. The summed E-state index contributed by atoms with van der Waals surface area (Å²) in [6, 6.07) is -0.0457. The number of aliphatic hydroxyl groups excluding tert-OH is 1. The normalized spacial score (nSPS) is 25.8. The number of aliphatic hydroxyl groups is 1. The highest BCUT2D eigenvalue weighted by molar-refractivity contribution is 5.00. The Kier molecular flexibility index (Phi) is 4.31. The second-order valence-electron chi connectivity index (χ2n) is 4.96. The van der Waals surface area contributed by atoms with E-state index in [1.54, 1.807) is 0 Å². The van der Waals surface area contributed by atoms with Crippen LogP contribution in [0.2, 0.25) is 0 Å². The van der Waals surface area contributed by atoms with Gasteiger partial charge in [-0.3, -0.25) is 0 Å². The highest BCUT2D eigenvalue weighted by Crippen LogP contribution is 2.27. The number of hydrogen-bond donors (Lipinski definition) is 2. The van der Waals surface area contributed by atoms with E-state index < -0.39 is 0 Å². The largest absolute Gasteiger partial charge is 0.392 e. The van der Waals surface area contributed by atoms with Crippen LogP contribution in [-0.2, 0) is 4.74 Å². The molecule has 18 heavy (non-hydrogen) atoms. The fourth-order valence-corrected chi connectivity index (χ4v) is 2.15. The average molecular weight is 255 g/mol. The van der Waals surface area contributed by atoms with Gasteiger partial charge in [-0.15, -0.1) is 0 Å². The molecule has 2 N–H and O–H groups in total. The highest BCUT2D eigenvalue weighted by Gasteiger charge is 2.30. The number of aromatic nitrogens is 2. The molecule has 0 aliphatic carbocycles. The molecular formula is C12H21N3O3. The topological polar surface area (TPSA) is 80.4 Å². The molecule has 1 fully saturated rings. The van der Waals surface area contributed by atoms with Gasteiger partial charge in [0.2, 0.25) is 11.7 Å². The molecule has 1 aromatic heterocycles. The summed E-state index contributed by atoms with van der Waals surface area (Å²) in [6.45, 7) is 7.27. The Morgan fingerprint density at radius 1 is 1.56 bits per heavy atom. The molecule has 0 saturated carbocycles. The molecule has 0 aromatic carbocycles. The van der Waals surface area contributed by atoms with Gasteiger partial charge in [0.1, 0.15) is 6.10 Å². The van der Waals surface area contributed by atoms with Crippen molar-refractivity contribution in [3.63, 3.8) is 0 Å². The van der Waals surface area contributed by atoms with E-state index in [0.717, 1.165) is 0 Å². The Bertz CT molecular complexity index is 380. The molecule has 0 spiro atoms. The van der Waals surface area contributed by atoms with Crippen LogP contribution >= 0.6 is 0 Å². The average Bonchev–Trinajstić information content (AvgIpc) is 2.93. The summed E-state index contributed by atoms with van der Waals surface area (Å²) in [6.07, 6.45) is 0.139. The lowest BCUT2D eigenvalue weighted by Crippen LogP contribution is -2.16. The number of nitrogens with one attached hydrogen (secondary N) is 1. The minimum absolute atomic E-state index is 0.0457. The van der Waals surface area contributed by atoms with Crippen molar-refractivity contribution in [1.29, 1.82) is 0 Å². The second kappa shape index (κ2) is 5.77. The lowest BCUT2D eigenvalue weighted by molar-refractivity contribution is 0.0217. The van der Waals surface area contributed by atoms with E-state index in [0.29, 0.717) is 31.3 Å². The number of ether oxygens (including phenoxy) is 1. The molecule has 0 amide bonds. The van der Waals surface area contributed by atoms with Crippen LogP contribution < -0.4 is 5.32 Å². The first-order valence-electron chi connectivity index (χ1n) is 6.48. The van der Waals surface area contributed by atoms with E-state index in [4.69, 9.17) is 9.26 Å². The molecule has 1 saturated heterocycles. The Labute approximate surface area is 107 Å². The van der Waals surface area contributed by atoms with Crippen molar-refractivity contribution >= 4 is 0 Å². The highest BCUT2D eigenvalue weighted by atomic mass is 16.5. The third-order valence-electron chi connectivity index (χ3n) is 3.07. The zero-order valence-corrected chi connectivity index (χ0v) is 11.1. The molecule has 1 aliphatic heterocycles. The zero-order chi connectivity index (χ0) is 13.1. The minimum atomic E-state index is -0.335. The summed E-state index contributed by atoms with van der Waals surface area (Å²) >= 11 is 0. The summed E-state index contributed by atoms with van der Waals surface area (Å²) in [4.78, 5) is 4.39. The van der Waals surface area contributed by atoms with Gasteiger partial charge < -0.3 is 19.7 Å². The third kappa shape index (κ3) is 2.88. The standard InChI is InChI=1S/C12H21N3O3/c1-4-17-10(7(2)3)11-14-12(18-15-11)9-5-8(16)6-13-9/h7-10,13,16H,4-6H2,1-3H3/t8-,9-,10?/m0/s1. The Balaban J connectivity index is 2.08. The van der Waals surface area contributed by atoms with E-state index in [9.17, 15) is 5.11 Å². The third-order valence-corrected chi connectivity index (χ3v) is 3.07. The van der Waals surface area contributed by atoms with E-state index in [2.05, 4.69) is 29.3 Å². The van der Waals surface area contributed by atoms with Crippen molar-refractivity contribution in [2.45, 2.75) is 45.4 Å². The van der Waals surface area contributed by atoms with Crippen molar-refractivity contribution in [3.05, 3.63) is 11.7 Å². The van der Waals surface area contributed by atoms with E-state index >= 15 is 0 Å². The van der Waals surface area contributed by atoms with Crippen molar-refractivity contribution in [2.24, 2.45) is 5.92 Å². The summed E-state index contributed by atoms with van der Waals surface area (Å²) in [5.74, 6) is 1.41. The molecule has 6 nitrogen and oxygen atoms in total. The fourth-order valence-electron chi connectivity index (χ4n) is 2.15.